The number of alkyl halides is 1. The van der Waals surface area contributed by atoms with Gasteiger partial charge in [-0.05, 0) is 24.0 Å². The average Bonchev–Trinajstić information content (AvgIpc) is 2.07. The molecule has 0 aliphatic heterocycles. The molecule has 0 radical (unpaired) electrons. The lowest BCUT2D eigenvalue weighted by Gasteiger charge is -1.99. The van der Waals surface area contributed by atoms with Crippen molar-refractivity contribution in [3.8, 4) is 0 Å². The van der Waals surface area contributed by atoms with E-state index in [9.17, 15) is 0 Å². The van der Waals surface area contributed by atoms with Crippen molar-refractivity contribution >= 4 is 22.6 Å². The number of rotatable bonds is 3. The molecular weight excluding hydrogens is 247 g/mol. The molecule has 60 valence electrons. The van der Waals surface area contributed by atoms with Gasteiger partial charge in [-0.3, -0.25) is 0 Å². The van der Waals surface area contributed by atoms with E-state index in [2.05, 4.69) is 53.8 Å². The molecule has 0 amide bonds. The highest BCUT2D eigenvalue weighted by Gasteiger charge is 1.90. The molecule has 1 aromatic carbocycles. The zero-order valence-corrected chi connectivity index (χ0v) is 8.97. The summed E-state index contributed by atoms with van der Waals surface area (Å²) in [6.45, 7) is 2.19. The van der Waals surface area contributed by atoms with Gasteiger partial charge in [-0.15, -0.1) is 0 Å². The Kier molecular flexibility index (Phi) is 3.91. The minimum Gasteiger partial charge on any atom is -0.0860 e. The molecule has 0 heterocycles. The zero-order chi connectivity index (χ0) is 8.10. The van der Waals surface area contributed by atoms with E-state index >= 15 is 0 Å². The van der Waals surface area contributed by atoms with Crippen molar-refractivity contribution in [3.63, 3.8) is 0 Å². The lowest BCUT2D eigenvalue weighted by atomic mass is 10.1. The van der Waals surface area contributed by atoms with Crippen LogP contribution in [0.4, 0.5) is 0 Å². The van der Waals surface area contributed by atoms with Gasteiger partial charge in [0.2, 0.25) is 0 Å². The van der Waals surface area contributed by atoms with Crippen LogP contribution in [0.5, 0.6) is 0 Å². The zero-order valence-electron chi connectivity index (χ0n) is 6.81. The van der Waals surface area contributed by atoms with Gasteiger partial charge in [0.25, 0.3) is 0 Å². The van der Waals surface area contributed by atoms with Gasteiger partial charge >= 0.3 is 0 Å². The third-order valence-electron chi connectivity index (χ3n) is 1.81. The number of halogens is 1. The van der Waals surface area contributed by atoms with Gasteiger partial charge in [0.15, 0.2) is 0 Å². The highest BCUT2D eigenvalue weighted by Crippen LogP contribution is 2.06. The molecule has 0 spiro atoms. The predicted molar refractivity (Wildman–Crippen MR) is 58.4 cm³/mol. The maximum Gasteiger partial charge on any atom is 0.00358 e. The highest BCUT2D eigenvalue weighted by molar-refractivity contribution is 14.1. The van der Waals surface area contributed by atoms with E-state index in [-0.39, 0.29) is 0 Å². The van der Waals surface area contributed by atoms with Crippen LogP contribution in [0.3, 0.4) is 0 Å². The second-order valence-corrected chi connectivity index (χ2v) is 3.69. The maximum atomic E-state index is 2.41. The maximum absolute atomic E-state index is 2.41. The van der Waals surface area contributed by atoms with Crippen LogP contribution >= 0.6 is 22.6 Å². The molecule has 1 rings (SSSR count). The van der Waals surface area contributed by atoms with Crippen LogP contribution in [-0.4, -0.2) is 4.43 Å². The molecule has 0 N–H and O–H groups in total. The largest absolute Gasteiger partial charge is 0.0860 e. The third kappa shape index (κ3) is 2.81. The summed E-state index contributed by atoms with van der Waals surface area (Å²) in [5.74, 6) is 0. The third-order valence-corrected chi connectivity index (χ3v) is 2.35. The highest BCUT2D eigenvalue weighted by atomic mass is 127. The number of aryl methyl sites for hydroxylation is 2. The Hall–Kier alpha value is -0.0500. The fourth-order valence-corrected chi connectivity index (χ4v) is 1.67. The first kappa shape index (κ1) is 9.04. The van der Waals surface area contributed by atoms with Crippen LogP contribution in [0.15, 0.2) is 24.3 Å². The van der Waals surface area contributed by atoms with Gasteiger partial charge in [-0.1, -0.05) is 53.8 Å². The predicted octanol–water partition coefficient (Wildman–Crippen LogP) is 3.23. The summed E-state index contributed by atoms with van der Waals surface area (Å²) in [6.07, 6.45) is 2.34. The molecule has 0 saturated heterocycles. The molecule has 0 nitrogen and oxygen atoms in total. The monoisotopic (exact) mass is 260 g/mol. The van der Waals surface area contributed by atoms with Crippen LogP contribution in [-0.2, 0) is 12.8 Å². The molecule has 0 unspecified atom stereocenters. The summed E-state index contributed by atoms with van der Waals surface area (Å²) in [7, 11) is 0. The molecule has 0 bridgehead atoms. The Labute approximate surface area is 82.2 Å². The number of hydrogen-bond donors (Lipinski definition) is 0. The summed E-state index contributed by atoms with van der Waals surface area (Å²) in [5.41, 5.74) is 2.89. The summed E-state index contributed by atoms with van der Waals surface area (Å²) in [5, 5.41) is 0. The molecule has 0 aliphatic carbocycles. The smallest absolute Gasteiger partial charge is 0.00358 e. The lowest BCUT2D eigenvalue weighted by Crippen LogP contribution is -1.86. The summed E-state index contributed by atoms with van der Waals surface area (Å²) < 4.78 is 1.21. The Morgan fingerprint density at radius 2 is 1.64 bits per heavy atom. The van der Waals surface area contributed by atoms with Crippen molar-refractivity contribution in [2.75, 3.05) is 4.43 Å². The minimum absolute atomic E-state index is 1.14. The van der Waals surface area contributed by atoms with E-state index in [4.69, 9.17) is 0 Å². The fourth-order valence-electron chi connectivity index (χ4n) is 1.05. The molecule has 0 fully saturated rings. The number of hydrogen-bond acceptors (Lipinski definition) is 0. The SMILES string of the molecule is CCc1ccc(CCI)cc1. The van der Waals surface area contributed by atoms with Gasteiger partial charge in [0, 0.05) is 4.43 Å². The standard InChI is InChI=1S/C10H13I/c1-2-9-3-5-10(6-4-9)7-8-11/h3-6H,2,7-8H2,1H3. The number of benzene rings is 1. The molecule has 1 heteroatoms. The van der Waals surface area contributed by atoms with Crippen molar-refractivity contribution in [3.05, 3.63) is 35.4 Å². The van der Waals surface area contributed by atoms with Crippen LogP contribution in [0, 0.1) is 0 Å². The first-order chi connectivity index (χ1) is 5.36. The first-order valence-corrected chi connectivity index (χ1v) is 5.53. The minimum atomic E-state index is 1.14. The molecule has 1 aromatic rings. The molecule has 0 saturated carbocycles. The van der Waals surface area contributed by atoms with Crippen LogP contribution in [0.2, 0.25) is 0 Å². The summed E-state index contributed by atoms with van der Waals surface area (Å²) in [4.78, 5) is 0. The Morgan fingerprint density at radius 3 is 2.09 bits per heavy atom. The second-order valence-electron chi connectivity index (χ2n) is 2.61. The van der Waals surface area contributed by atoms with Gasteiger partial charge in [0.05, 0.1) is 0 Å². The van der Waals surface area contributed by atoms with Gasteiger partial charge in [-0.2, -0.15) is 0 Å². The molecule has 0 atom stereocenters. The van der Waals surface area contributed by atoms with Crippen LogP contribution in [0.1, 0.15) is 18.1 Å². The van der Waals surface area contributed by atoms with Gasteiger partial charge in [-0.25, -0.2) is 0 Å². The fraction of sp³-hybridized carbons (Fsp3) is 0.400. The van der Waals surface area contributed by atoms with E-state index in [0.717, 1.165) is 6.42 Å². The Balaban J connectivity index is 2.66. The molecule has 11 heavy (non-hydrogen) atoms. The van der Waals surface area contributed by atoms with E-state index in [0.29, 0.717) is 0 Å². The van der Waals surface area contributed by atoms with Crippen molar-refractivity contribution in [1.29, 1.82) is 0 Å². The van der Waals surface area contributed by atoms with E-state index in [1.807, 2.05) is 0 Å². The molecular formula is C10H13I. The van der Waals surface area contributed by atoms with Gasteiger partial charge < -0.3 is 0 Å². The lowest BCUT2D eigenvalue weighted by molar-refractivity contribution is 1.11. The second kappa shape index (κ2) is 4.75. The Bertz CT molecular complexity index is 201. The van der Waals surface area contributed by atoms with Gasteiger partial charge in [0.1, 0.15) is 0 Å². The molecule has 0 aliphatic rings. The van der Waals surface area contributed by atoms with E-state index in [1.54, 1.807) is 0 Å². The normalized spacial score (nSPS) is 10.0. The Morgan fingerprint density at radius 1 is 1.09 bits per heavy atom. The van der Waals surface area contributed by atoms with Crippen LogP contribution < -0.4 is 0 Å². The topological polar surface area (TPSA) is 0 Å². The van der Waals surface area contributed by atoms with E-state index in [1.165, 1.54) is 22.0 Å². The van der Waals surface area contributed by atoms with E-state index < -0.39 is 0 Å². The first-order valence-electron chi connectivity index (χ1n) is 4.00. The summed E-state index contributed by atoms with van der Waals surface area (Å²) in [6, 6.07) is 8.91. The summed E-state index contributed by atoms with van der Waals surface area (Å²) >= 11 is 2.41. The van der Waals surface area contributed by atoms with Crippen molar-refractivity contribution in [1.82, 2.24) is 0 Å². The average molecular weight is 260 g/mol. The molecule has 0 aromatic heterocycles. The van der Waals surface area contributed by atoms with Crippen molar-refractivity contribution in [2.45, 2.75) is 19.8 Å². The quantitative estimate of drug-likeness (QED) is 0.578. The van der Waals surface area contributed by atoms with Crippen LogP contribution in [0.25, 0.3) is 0 Å². The van der Waals surface area contributed by atoms with Crippen molar-refractivity contribution < 1.29 is 0 Å². The van der Waals surface area contributed by atoms with Crippen molar-refractivity contribution in [2.24, 2.45) is 0 Å².